The third-order valence-electron chi connectivity index (χ3n) is 4.18. The molecule has 150 valence electrons. The molecule has 0 saturated heterocycles. The van der Waals surface area contributed by atoms with Crippen molar-refractivity contribution in [3.63, 3.8) is 0 Å². The molecule has 2 amide bonds. The molecule has 0 atom stereocenters. The van der Waals surface area contributed by atoms with E-state index in [9.17, 15) is 9.59 Å². The molecule has 29 heavy (non-hydrogen) atoms. The van der Waals surface area contributed by atoms with Crippen molar-refractivity contribution >= 4 is 29.1 Å². The Hall–Kier alpha value is -3.19. The van der Waals surface area contributed by atoms with Gasteiger partial charge in [0.1, 0.15) is 5.82 Å². The number of anilines is 1. The molecule has 3 rings (SSSR count). The van der Waals surface area contributed by atoms with E-state index in [1.165, 1.54) is 0 Å². The predicted molar refractivity (Wildman–Crippen MR) is 112 cm³/mol. The lowest BCUT2D eigenvalue weighted by Gasteiger charge is -2.07. The Morgan fingerprint density at radius 3 is 2.62 bits per heavy atom. The van der Waals surface area contributed by atoms with E-state index in [2.05, 4.69) is 20.7 Å². The fourth-order valence-corrected chi connectivity index (χ4v) is 2.91. The molecular weight excluding hydrogens is 390 g/mol. The lowest BCUT2D eigenvalue weighted by Crippen LogP contribution is -2.24. The van der Waals surface area contributed by atoms with Crippen LogP contribution in [0.4, 0.5) is 5.69 Å². The number of benzene rings is 2. The number of hydrogen-bond donors (Lipinski definition) is 2. The normalized spacial score (nSPS) is 10.6. The second-order valence-electron chi connectivity index (χ2n) is 6.55. The largest absolute Gasteiger partial charge is 0.345 e. The number of rotatable bonds is 7. The molecule has 0 spiro atoms. The number of carbonyl (C=O) groups excluding carboxylic acids is 2. The summed E-state index contributed by atoms with van der Waals surface area (Å²) in [5.74, 6) is 0.283. The lowest BCUT2D eigenvalue weighted by atomic mass is 10.2. The average Bonchev–Trinajstić information content (AvgIpc) is 3.09. The molecule has 8 heteroatoms. The molecule has 1 heterocycles. The number of nitrogens with zero attached hydrogens (tertiary/aromatic N) is 3. The fraction of sp³-hybridized carbons (Fsp3) is 0.238. The van der Waals surface area contributed by atoms with Crippen LogP contribution < -0.4 is 10.6 Å². The van der Waals surface area contributed by atoms with Gasteiger partial charge in [0, 0.05) is 23.7 Å². The molecule has 3 aromatic rings. The van der Waals surface area contributed by atoms with Gasteiger partial charge in [-0.3, -0.25) is 9.59 Å². The van der Waals surface area contributed by atoms with Crippen LogP contribution in [0, 0.1) is 6.92 Å². The van der Waals surface area contributed by atoms with Crippen molar-refractivity contribution in [2.24, 2.45) is 0 Å². The zero-order valence-corrected chi connectivity index (χ0v) is 17.0. The molecule has 0 aliphatic heterocycles. The van der Waals surface area contributed by atoms with Crippen LogP contribution in [0.15, 0.2) is 48.5 Å². The van der Waals surface area contributed by atoms with Crippen molar-refractivity contribution in [3.05, 3.63) is 70.8 Å². The van der Waals surface area contributed by atoms with Crippen LogP contribution in [0.25, 0.3) is 5.69 Å². The molecule has 0 radical (unpaired) electrons. The summed E-state index contributed by atoms with van der Waals surface area (Å²) in [6.45, 7) is 4.03. The first-order valence-corrected chi connectivity index (χ1v) is 9.70. The number of carbonyl (C=O) groups is 2. The summed E-state index contributed by atoms with van der Waals surface area (Å²) in [7, 11) is 0. The molecule has 2 N–H and O–H groups in total. The van der Waals surface area contributed by atoms with Crippen LogP contribution >= 0.6 is 11.6 Å². The van der Waals surface area contributed by atoms with Crippen molar-refractivity contribution in [1.29, 1.82) is 0 Å². The Balaban J connectivity index is 1.65. The van der Waals surface area contributed by atoms with E-state index in [0.29, 0.717) is 29.5 Å². The standard InChI is InChI=1S/C21H22ClN5O2/c1-3-5-19(28)25-17-7-4-6-15(12-17)13-23-21(29)20-24-14(2)27(26-20)18-10-8-16(22)9-11-18/h4,6-12H,3,5,13H2,1-2H3,(H,23,29)(H,25,28). The number of halogens is 1. The summed E-state index contributed by atoms with van der Waals surface area (Å²) in [5, 5.41) is 10.6. The second-order valence-corrected chi connectivity index (χ2v) is 6.99. The van der Waals surface area contributed by atoms with Crippen LogP contribution in [0.1, 0.15) is 41.8 Å². The molecule has 0 unspecified atom stereocenters. The Kier molecular flexibility index (Phi) is 6.61. The van der Waals surface area contributed by atoms with Gasteiger partial charge in [-0.2, -0.15) is 0 Å². The summed E-state index contributed by atoms with van der Waals surface area (Å²) in [4.78, 5) is 28.5. The summed E-state index contributed by atoms with van der Waals surface area (Å²) in [6, 6.07) is 14.5. The number of amides is 2. The highest BCUT2D eigenvalue weighted by Crippen LogP contribution is 2.15. The third-order valence-corrected chi connectivity index (χ3v) is 4.44. The highest BCUT2D eigenvalue weighted by molar-refractivity contribution is 6.30. The van der Waals surface area contributed by atoms with Crippen LogP contribution in [0.3, 0.4) is 0 Å². The van der Waals surface area contributed by atoms with Gasteiger partial charge in [-0.05, 0) is 55.3 Å². The molecule has 0 bridgehead atoms. The van der Waals surface area contributed by atoms with E-state index in [0.717, 1.165) is 17.7 Å². The maximum atomic E-state index is 12.5. The molecular formula is C21H22ClN5O2. The molecule has 7 nitrogen and oxygen atoms in total. The van der Waals surface area contributed by atoms with Gasteiger partial charge in [-0.1, -0.05) is 30.7 Å². The van der Waals surface area contributed by atoms with Crippen molar-refractivity contribution in [3.8, 4) is 5.69 Å². The van der Waals surface area contributed by atoms with Crippen molar-refractivity contribution in [2.45, 2.75) is 33.2 Å². The molecule has 0 saturated carbocycles. The quantitative estimate of drug-likeness (QED) is 0.617. The summed E-state index contributed by atoms with van der Waals surface area (Å²) in [6.07, 6.45) is 1.26. The van der Waals surface area contributed by atoms with Gasteiger partial charge in [0.05, 0.1) is 5.69 Å². The van der Waals surface area contributed by atoms with Gasteiger partial charge >= 0.3 is 0 Å². The SMILES string of the molecule is CCCC(=O)Nc1cccc(CNC(=O)c2nc(C)n(-c3ccc(Cl)cc3)n2)c1. The predicted octanol–water partition coefficient (Wildman–Crippen LogP) is 3.90. The van der Waals surface area contributed by atoms with Crippen molar-refractivity contribution in [2.75, 3.05) is 5.32 Å². The minimum absolute atomic E-state index is 0.0268. The summed E-state index contributed by atoms with van der Waals surface area (Å²) < 4.78 is 1.59. The van der Waals surface area contributed by atoms with Gasteiger partial charge in [-0.25, -0.2) is 9.67 Å². The van der Waals surface area contributed by atoms with E-state index in [-0.39, 0.29) is 17.6 Å². The zero-order valence-electron chi connectivity index (χ0n) is 16.3. The van der Waals surface area contributed by atoms with Crippen molar-refractivity contribution < 1.29 is 9.59 Å². The number of hydrogen-bond acceptors (Lipinski definition) is 4. The number of nitrogens with one attached hydrogen (secondary N) is 2. The average molecular weight is 412 g/mol. The third kappa shape index (κ3) is 5.42. The highest BCUT2D eigenvalue weighted by atomic mass is 35.5. The van der Waals surface area contributed by atoms with Gasteiger partial charge < -0.3 is 10.6 Å². The Labute approximate surface area is 174 Å². The van der Waals surface area contributed by atoms with Crippen LogP contribution in [-0.2, 0) is 11.3 Å². The Bertz CT molecular complexity index is 1010. The first-order valence-electron chi connectivity index (χ1n) is 9.33. The van der Waals surface area contributed by atoms with Gasteiger partial charge in [0.2, 0.25) is 11.7 Å². The molecule has 0 fully saturated rings. The first-order chi connectivity index (χ1) is 14.0. The van der Waals surface area contributed by atoms with E-state index in [1.54, 1.807) is 23.7 Å². The monoisotopic (exact) mass is 411 g/mol. The Morgan fingerprint density at radius 2 is 1.90 bits per heavy atom. The van der Waals surface area contributed by atoms with Crippen molar-refractivity contribution in [1.82, 2.24) is 20.1 Å². The Morgan fingerprint density at radius 1 is 1.14 bits per heavy atom. The van der Waals surface area contributed by atoms with Gasteiger partial charge in [0.25, 0.3) is 5.91 Å². The smallest absolute Gasteiger partial charge is 0.291 e. The lowest BCUT2D eigenvalue weighted by molar-refractivity contribution is -0.116. The van der Waals surface area contributed by atoms with E-state index in [4.69, 9.17) is 11.6 Å². The minimum atomic E-state index is -0.374. The number of aryl methyl sites for hydroxylation is 1. The van der Waals surface area contributed by atoms with Gasteiger partial charge in [0.15, 0.2) is 0 Å². The van der Waals surface area contributed by atoms with Crippen LogP contribution in [0.2, 0.25) is 5.02 Å². The van der Waals surface area contributed by atoms with E-state index in [1.807, 2.05) is 43.3 Å². The number of aromatic nitrogens is 3. The summed E-state index contributed by atoms with van der Waals surface area (Å²) >= 11 is 5.92. The molecule has 2 aromatic carbocycles. The first kappa shape index (κ1) is 20.5. The van der Waals surface area contributed by atoms with E-state index < -0.39 is 0 Å². The molecule has 0 aliphatic rings. The minimum Gasteiger partial charge on any atom is -0.345 e. The van der Waals surface area contributed by atoms with E-state index >= 15 is 0 Å². The molecule has 0 aliphatic carbocycles. The maximum Gasteiger partial charge on any atom is 0.291 e. The van der Waals surface area contributed by atoms with Crippen LogP contribution in [0.5, 0.6) is 0 Å². The van der Waals surface area contributed by atoms with Gasteiger partial charge in [-0.15, -0.1) is 5.10 Å². The zero-order chi connectivity index (χ0) is 20.8. The summed E-state index contributed by atoms with van der Waals surface area (Å²) in [5.41, 5.74) is 2.34. The highest BCUT2D eigenvalue weighted by Gasteiger charge is 2.15. The maximum absolute atomic E-state index is 12.5. The second kappa shape index (κ2) is 9.34. The topological polar surface area (TPSA) is 88.9 Å². The van der Waals surface area contributed by atoms with Crippen LogP contribution in [-0.4, -0.2) is 26.6 Å². The fourth-order valence-electron chi connectivity index (χ4n) is 2.78. The molecule has 1 aromatic heterocycles.